The molecule has 0 aromatic carbocycles. The van der Waals surface area contributed by atoms with Gasteiger partial charge in [0, 0.05) is 26.5 Å². The summed E-state index contributed by atoms with van der Waals surface area (Å²) in [5.41, 5.74) is 2.37. The fourth-order valence-corrected chi connectivity index (χ4v) is 1.55. The van der Waals surface area contributed by atoms with E-state index in [1.807, 2.05) is 25.1 Å². The van der Waals surface area contributed by atoms with Crippen LogP contribution in [0.4, 0.5) is 5.69 Å². The minimum absolute atomic E-state index is 0.203. The Hall–Kier alpha value is -2.04. The molecule has 0 saturated carbocycles. The fourth-order valence-electron chi connectivity index (χ4n) is 1.55. The third-order valence-electron chi connectivity index (χ3n) is 2.26. The molecule has 78 valence electrons. The van der Waals surface area contributed by atoms with Crippen molar-refractivity contribution in [1.82, 2.24) is 9.97 Å². The Morgan fingerprint density at radius 1 is 1.53 bits per heavy atom. The van der Waals surface area contributed by atoms with Gasteiger partial charge < -0.3 is 15.0 Å². The minimum Gasteiger partial charge on any atom is -0.478 e. The first-order valence-electron chi connectivity index (χ1n) is 4.48. The summed E-state index contributed by atoms with van der Waals surface area (Å²) in [6.45, 7) is 0. The first kappa shape index (κ1) is 9.51. The van der Waals surface area contributed by atoms with E-state index in [4.69, 9.17) is 5.11 Å². The number of hydrogen-bond donors (Lipinski definition) is 2. The standard InChI is InChI=1S/C10H11N3O2/c1-13(2)7-3-4-11-8-6(10(14)15)5-12-9(7)8/h3-5,12H,1-2H3,(H,14,15). The molecule has 0 amide bonds. The number of rotatable bonds is 2. The molecule has 15 heavy (non-hydrogen) atoms. The molecule has 0 atom stereocenters. The summed E-state index contributed by atoms with van der Waals surface area (Å²) in [4.78, 5) is 19.8. The first-order chi connectivity index (χ1) is 7.11. The second-order valence-corrected chi connectivity index (χ2v) is 3.46. The van der Waals surface area contributed by atoms with Crippen molar-refractivity contribution >= 4 is 22.7 Å². The highest BCUT2D eigenvalue weighted by atomic mass is 16.4. The van der Waals surface area contributed by atoms with Crippen molar-refractivity contribution in [3.8, 4) is 0 Å². The molecule has 0 saturated heterocycles. The molecule has 2 aromatic rings. The number of anilines is 1. The summed E-state index contributed by atoms with van der Waals surface area (Å²) < 4.78 is 0. The van der Waals surface area contributed by atoms with Gasteiger partial charge in [0.15, 0.2) is 0 Å². The van der Waals surface area contributed by atoms with Gasteiger partial charge in [-0.3, -0.25) is 4.98 Å². The number of aromatic amines is 1. The van der Waals surface area contributed by atoms with Crippen LogP contribution in [0.25, 0.3) is 11.0 Å². The maximum absolute atomic E-state index is 10.9. The second kappa shape index (κ2) is 3.27. The number of hydrogen-bond acceptors (Lipinski definition) is 3. The quantitative estimate of drug-likeness (QED) is 0.776. The molecular formula is C10H11N3O2. The van der Waals surface area contributed by atoms with Gasteiger partial charge in [0.2, 0.25) is 0 Å². The van der Waals surface area contributed by atoms with Crippen molar-refractivity contribution in [1.29, 1.82) is 0 Å². The van der Waals surface area contributed by atoms with Crippen LogP contribution in [-0.4, -0.2) is 35.1 Å². The molecule has 0 spiro atoms. The molecule has 2 aromatic heterocycles. The number of carboxylic acids is 1. The van der Waals surface area contributed by atoms with E-state index in [1.165, 1.54) is 6.20 Å². The first-order valence-corrected chi connectivity index (χ1v) is 4.48. The summed E-state index contributed by atoms with van der Waals surface area (Å²) in [7, 11) is 3.80. The fraction of sp³-hybridized carbons (Fsp3) is 0.200. The number of nitrogens with one attached hydrogen (secondary N) is 1. The van der Waals surface area contributed by atoms with Crippen LogP contribution in [0.15, 0.2) is 18.5 Å². The van der Waals surface area contributed by atoms with Crippen molar-refractivity contribution in [2.45, 2.75) is 0 Å². The Morgan fingerprint density at radius 3 is 2.87 bits per heavy atom. The highest BCUT2D eigenvalue weighted by Gasteiger charge is 2.14. The third kappa shape index (κ3) is 1.41. The number of aromatic nitrogens is 2. The van der Waals surface area contributed by atoms with Crippen LogP contribution in [-0.2, 0) is 0 Å². The second-order valence-electron chi connectivity index (χ2n) is 3.46. The van der Waals surface area contributed by atoms with Crippen LogP contribution in [0, 0.1) is 0 Å². The molecule has 2 heterocycles. The van der Waals surface area contributed by atoms with Crippen LogP contribution in [0.3, 0.4) is 0 Å². The number of H-pyrrole nitrogens is 1. The zero-order valence-electron chi connectivity index (χ0n) is 8.48. The van der Waals surface area contributed by atoms with Crippen molar-refractivity contribution in [3.63, 3.8) is 0 Å². The molecule has 5 nitrogen and oxygen atoms in total. The average Bonchev–Trinajstić information content (AvgIpc) is 2.59. The van der Waals surface area contributed by atoms with E-state index in [-0.39, 0.29) is 5.56 Å². The third-order valence-corrected chi connectivity index (χ3v) is 2.26. The number of aromatic carboxylic acids is 1. The van der Waals surface area contributed by atoms with Crippen molar-refractivity contribution in [2.75, 3.05) is 19.0 Å². The van der Waals surface area contributed by atoms with Gasteiger partial charge in [-0.05, 0) is 6.07 Å². The van der Waals surface area contributed by atoms with E-state index < -0.39 is 5.97 Å². The number of carboxylic acid groups (broad SMARTS) is 1. The number of nitrogens with zero attached hydrogens (tertiary/aromatic N) is 2. The van der Waals surface area contributed by atoms with Gasteiger partial charge in [-0.15, -0.1) is 0 Å². The smallest absolute Gasteiger partial charge is 0.339 e. The van der Waals surface area contributed by atoms with Crippen molar-refractivity contribution in [3.05, 3.63) is 24.0 Å². The molecule has 0 bridgehead atoms. The normalized spacial score (nSPS) is 10.5. The molecule has 0 aliphatic rings. The molecule has 0 aliphatic carbocycles. The van der Waals surface area contributed by atoms with Gasteiger partial charge in [0.1, 0.15) is 11.1 Å². The van der Waals surface area contributed by atoms with Crippen LogP contribution >= 0.6 is 0 Å². The summed E-state index contributed by atoms with van der Waals surface area (Å²) >= 11 is 0. The maximum atomic E-state index is 10.9. The number of carbonyl (C=O) groups is 1. The molecule has 0 aliphatic heterocycles. The Bertz CT molecular complexity index is 516. The molecule has 5 heteroatoms. The molecule has 0 unspecified atom stereocenters. The van der Waals surface area contributed by atoms with Crippen LogP contribution < -0.4 is 4.90 Å². The Labute approximate surface area is 86.4 Å². The van der Waals surface area contributed by atoms with E-state index in [0.29, 0.717) is 5.52 Å². The molecule has 2 N–H and O–H groups in total. The summed E-state index contributed by atoms with van der Waals surface area (Å²) in [6.07, 6.45) is 3.07. The Morgan fingerprint density at radius 2 is 2.27 bits per heavy atom. The number of fused-ring (bicyclic) bond motifs is 1. The Balaban J connectivity index is 2.74. The van der Waals surface area contributed by atoms with Gasteiger partial charge in [-0.1, -0.05) is 0 Å². The zero-order chi connectivity index (χ0) is 11.0. The lowest BCUT2D eigenvalue weighted by Crippen LogP contribution is -2.09. The summed E-state index contributed by atoms with van der Waals surface area (Å²) in [5.74, 6) is -0.968. The molecular weight excluding hydrogens is 194 g/mol. The highest BCUT2D eigenvalue weighted by molar-refractivity contribution is 6.04. The largest absolute Gasteiger partial charge is 0.478 e. The topological polar surface area (TPSA) is 69.2 Å². The van der Waals surface area contributed by atoms with Crippen molar-refractivity contribution < 1.29 is 9.90 Å². The number of pyridine rings is 1. The minimum atomic E-state index is -0.968. The van der Waals surface area contributed by atoms with Gasteiger partial charge in [0.25, 0.3) is 0 Å². The van der Waals surface area contributed by atoms with E-state index in [9.17, 15) is 4.79 Å². The van der Waals surface area contributed by atoms with Crippen LogP contribution in [0.5, 0.6) is 0 Å². The lowest BCUT2D eigenvalue weighted by atomic mass is 10.2. The van der Waals surface area contributed by atoms with E-state index in [0.717, 1.165) is 11.2 Å². The predicted octanol–water partition coefficient (Wildman–Crippen LogP) is 1.33. The van der Waals surface area contributed by atoms with Gasteiger partial charge in [-0.25, -0.2) is 4.79 Å². The predicted molar refractivity (Wildman–Crippen MR) is 57.4 cm³/mol. The summed E-state index contributed by atoms with van der Waals surface area (Å²) in [6, 6.07) is 1.84. The molecule has 0 radical (unpaired) electrons. The highest BCUT2D eigenvalue weighted by Crippen LogP contribution is 2.24. The van der Waals surface area contributed by atoms with Crippen LogP contribution in [0.2, 0.25) is 0 Å². The van der Waals surface area contributed by atoms with E-state index in [2.05, 4.69) is 9.97 Å². The van der Waals surface area contributed by atoms with Gasteiger partial charge in [-0.2, -0.15) is 0 Å². The van der Waals surface area contributed by atoms with E-state index in [1.54, 1.807) is 6.20 Å². The monoisotopic (exact) mass is 205 g/mol. The zero-order valence-corrected chi connectivity index (χ0v) is 8.48. The van der Waals surface area contributed by atoms with Crippen molar-refractivity contribution in [2.24, 2.45) is 0 Å². The lowest BCUT2D eigenvalue weighted by Gasteiger charge is -2.12. The SMILES string of the molecule is CN(C)c1ccnc2c(C(=O)O)c[nH]c12. The van der Waals surface area contributed by atoms with E-state index >= 15 is 0 Å². The van der Waals surface area contributed by atoms with Gasteiger partial charge >= 0.3 is 5.97 Å². The maximum Gasteiger partial charge on any atom is 0.339 e. The molecule has 0 fully saturated rings. The molecule has 2 rings (SSSR count). The van der Waals surface area contributed by atoms with Gasteiger partial charge in [0.05, 0.1) is 11.2 Å². The summed E-state index contributed by atoms with van der Waals surface area (Å²) in [5, 5.41) is 8.93. The Kier molecular flexibility index (Phi) is 2.07. The average molecular weight is 205 g/mol. The lowest BCUT2D eigenvalue weighted by molar-refractivity contribution is 0.0699. The van der Waals surface area contributed by atoms with Crippen LogP contribution in [0.1, 0.15) is 10.4 Å².